The van der Waals surface area contributed by atoms with Crippen molar-refractivity contribution in [3.05, 3.63) is 90.0 Å². The van der Waals surface area contributed by atoms with Crippen molar-refractivity contribution in [1.29, 1.82) is 0 Å². The molecule has 0 saturated carbocycles. The SMILES string of the molecule is CC.COc1ccc(Nc2nc(NCCOCCOCCNC(=O)c3ccccc3)nc(Nc3ccc(C(=O)NCCOCCCCCN)cc3)n2)cc1. The number of amides is 2. The Morgan fingerprint density at radius 2 is 1.07 bits per heavy atom. The molecule has 0 fully saturated rings. The van der Waals surface area contributed by atoms with Crippen molar-refractivity contribution < 1.29 is 28.5 Å². The molecule has 7 N–H and O–H groups in total. The smallest absolute Gasteiger partial charge is 0.251 e. The number of nitrogens with zero attached hydrogens (tertiary/aromatic N) is 3. The van der Waals surface area contributed by atoms with Crippen molar-refractivity contribution in [3.8, 4) is 5.75 Å². The Bertz CT molecular complexity index is 1610. The first-order chi connectivity index (χ1) is 26.5. The number of anilines is 5. The molecule has 15 heteroatoms. The minimum Gasteiger partial charge on any atom is -0.497 e. The molecule has 15 nitrogen and oxygen atoms in total. The monoisotopic (exact) mass is 745 g/mol. The molecule has 0 saturated heterocycles. The summed E-state index contributed by atoms with van der Waals surface area (Å²) in [5.41, 5.74) is 8.09. The standard InChI is InChI=1S/C37H49N9O6.C2H6/c1-49-32-16-14-31(15-17-32)43-37-45-35(41-21-25-52-27-26-51-24-20-39-33(47)28-8-4-2-5-9-28)44-36(46-37)42-30-12-10-29(11-13-30)34(48)40-19-23-50-22-7-3-6-18-38;1-2/h2,4-5,8-17H,3,6-7,18-27,38H2,1H3,(H,39,47)(H,40,48)(H3,41,42,43,44,45,46);1-2H3. The zero-order chi connectivity index (χ0) is 38.6. The number of hydrogen-bond donors (Lipinski definition) is 6. The summed E-state index contributed by atoms with van der Waals surface area (Å²) in [7, 11) is 1.61. The number of benzene rings is 3. The van der Waals surface area contributed by atoms with E-state index in [1.807, 2.05) is 56.3 Å². The molecule has 292 valence electrons. The molecule has 54 heavy (non-hydrogen) atoms. The first-order valence-corrected chi connectivity index (χ1v) is 18.4. The summed E-state index contributed by atoms with van der Waals surface area (Å²) in [6.07, 6.45) is 3.00. The number of aromatic nitrogens is 3. The van der Waals surface area contributed by atoms with E-state index in [1.165, 1.54) is 0 Å². The van der Waals surface area contributed by atoms with E-state index < -0.39 is 0 Å². The van der Waals surface area contributed by atoms with Gasteiger partial charge in [-0.2, -0.15) is 15.0 Å². The van der Waals surface area contributed by atoms with E-state index in [2.05, 4.69) is 41.5 Å². The number of ether oxygens (including phenoxy) is 4. The fourth-order valence-electron chi connectivity index (χ4n) is 4.66. The van der Waals surface area contributed by atoms with Gasteiger partial charge in [0.2, 0.25) is 17.8 Å². The quantitative estimate of drug-likeness (QED) is 0.0489. The van der Waals surface area contributed by atoms with Crippen LogP contribution in [0.2, 0.25) is 0 Å². The van der Waals surface area contributed by atoms with Gasteiger partial charge in [-0.1, -0.05) is 32.0 Å². The Morgan fingerprint density at radius 1 is 0.574 bits per heavy atom. The van der Waals surface area contributed by atoms with Crippen molar-refractivity contribution in [3.63, 3.8) is 0 Å². The summed E-state index contributed by atoms with van der Waals surface area (Å²) >= 11 is 0. The third kappa shape index (κ3) is 17.0. The summed E-state index contributed by atoms with van der Waals surface area (Å²) in [5.74, 6) is 1.35. The van der Waals surface area contributed by atoms with Gasteiger partial charge in [0.15, 0.2) is 0 Å². The van der Waals surface area contributed by atoms with Crippen LogP contribution in [-0.4, -0.2) is 99.7 Å². The zero-order valence-corrected chi connectivity index (χ0v) is 31.6. The van der Waals surface area contributed by atoms with Crippen molar-refractivity contribution >= 4 is 41.0 Å². The molecular formula is C39H55N9O6. The van der Waals surface area contributed by atoms with Crippen LogP contribution in [0.15, 0.2) is 78.9 Å². The second-order valence-electron chi connectivity index (χ2n) is 11.4. The maximum atomic E-state index is 12.6. The first kappa shape index (κ1) is 43.1. The van der Waals surface area contributed by atoms with E-state index in [1.54, 1.807) is 43.5 Å². The molecule has 2 amide bonds. The Balaban J connectivity index is 0.00000385. The van der Waals surface area contributed by atoms with Gasteiger partial charge in [0.1, 0.15) is 5.75 Å². The molecule has 1 aromatic heterocycles. The lowest BCUT2D eigenvalue weighted by molar-refractivity contribution is 0.0519. The maximum absolute atomic E-state index is 12.6. The molecule has 0 aliphatic rings. The Kier molecular flexibility index (Phi) is 21.1. The highest BCUT2D eigenvalue weighted by molar-refractivity contribution is 5.94. The first-order valence-electron chi connectivity index (χ1n) is 18.4. The van der Waals surface area contributed by atoms with Gasteiger partial charge in [0, 0.05) is 48.7 Å². The summed E-state index contributed by atoms with van der Waals surface area (Å²) < 4.78 is 22.1. The van der Waals surface area contributed by atoms with Crippen LogP contribution in [-0.2, 0) is 14.2 Å². The Morgan fingerprint density at radius 3 is 1.63 bits per heavy atom. The van der Waals surface area contributed by atoms with Crippen molar-refractivity contribution in [2.45, 2.75) is 33.1 Å². The predicted octanol–water partition coefficient (Wildman–Crippen LogP) is 5.14. The number of rotatable bonds is 25. The Labute approximate surface area is 318 Å². The maximum Gasteiger partial charge on any atom is 0.251 e. The van der Waals surface area contributed by atoms with Crippen LogP contribution < -0.4 is 37.1 Å². The van der Waals surface area contributed by atoms with Crippen LogP contribution in [0.4, 0.5) is 29.2 Å². The highest BCUT2D eigenvalue weighted by Gasteiger charge is 2.10. The molecule has 4 rings (SSSR count). The van der Waals surface area contributed by atoms with Gasteiger partial charge in [0.25, 0.3) is 11.8 Å². The summed E-state index contributed by atoms with van der Waals surface area (Å²) in [6, 6.07) is 23.4. The highest BCUT2D eigenvalue weighted by Crippen LogP contribution is 2.21. The molecule has 0 aliphatic heterocycles. The number of methoxy groups -OCH3 is 1. The molecule has 0 bridgehead atoms. The molecule has 0 atom stereocenters. The fraction of sp³-hybridized carbons (Fsp3) is 0.410. The normalized spacial score (nSPS) is 10.4. The average Bonchev–Trinajstić information content (AvgIpc) is 3.21. The summed E-state index contributed by atoms with van der Waals surface area (Å²) in [6.45, 7) is 8.61. The Hall–Kier alpha value is -5.35. The average molecular weight is 746 g/mol. The minimum absolute atomic E-state index is 0.133. The van der Waals surface area contributed by atoms with Crippen LogP contribution in [0.3, 0.4) is 0 Å². The second kappa shape index (κ2) is 26.4. The highest BCUT2D eigenvalue weighted by atomic mass is 16.5. The van der Waals surface area contributed by atoms with Crippen LogP contribution >= 0.6 is 0 Å². The number of carbonyl (C=O) groups excluding carboxylic acids is 2. The number of nitrogens with two attached hydrogens (primary N) is 1. The van der Waals surface area contributed by atoms with E-state index in [4.69, 9.17) is 24.7 Å². The van der Waals surface area contributed by atoms with Crippen LogP contribution in [0.5, 0.6) is 5.75 Å². The van der Waals surface area contributed by atoms with E-state index in [9.17, 15) is 9.59 Å². The minimum atomic E-state index is -0.183. The number of nitrogens with one attached hydrogen (secondary N) is 5. The van der Waals surface area contributed by atoms with Crippen LogP contribution in [0.1, 0.15) is 53.8 Å². The van der Waals surface area contributed by atoms with Crippen LogP contribution in [0.25, 0.3) is 0 Å². The van der Waals surface area contributed by atoms with Crippen molar-refractivity contribution in [2.24, 2.45) is 5.73 Å². The number of carbonyl (C=O) groups is 2. The fourth-order valence-corrected chi connectivity index (χ4v) is 4.66. The number of unbranched alkanes of at least 4 members (excludes halogenated alkanes) is 2. The molecular weight excluding hydrogens is 690 g/mol. The van der Waals surface area contributed by atoms with Gasteiger partial charge < -0.3 is 51.3 Å². The zero-order valence-electron chi connectivity index (χ0n) is 31.6. The summed E-state index contributed by atoms with van der Waals surface area (Å²) in [4.78, 5) is 38.2. The third-order valence-corrected chi connectivity index (χ3v) is 7.38. The molecule has 0 unspecified atom stereocenters. The van der Waals surface area contributed by atoms with Crippen molar-refractivity contribution in [2.75, 3.05) is 88.9 Å². The van der Waals surface area contributed by atoms with Crippen molar-refractivity contribution in [1.82, 2.24) is 25.6 Å². The number of hydrogen-bond acceptors (Lipinski definition) is 13. The van der Waals surface area contributed by atoms with Gasteiger partial charge in [-0.25, -0.2) is 0 Å². The largest absolute Gasteiger partial charge is 0.497 e. The van der Waals surface area contributed by atoms with Gasteiger partial charge in [-0.05, 0) is 86.5 Å². The van der Waals surface area contributed by atoms with Crippen LogP contribution in [0, 0.1) is 0 Å². The lowest BCUT2D eigenvalue weighted by Crippen LogP contribution is -2.27. The van der Waals surface area contributed by atoms with Gasteiger partial charge in [-0.15, -0.1) is 0 Å². The third-order valence-electron chi connectivity index (χ3n) is 7.38. The molecule has 3 aromatic carbocycles. The van der Waals surface area contributed by atoms with E-state index in [0.717, 1.165) is 30.7 Å². The lowest BCUT2D eigenvalue weighted by Gasteiger charge is -2.12. The molecule has 1 heterocycles. The second-order valence-corrected chi connectivity index (χ2v) is 11.4. The molecule has 0 radical (unpaired) electrons. The van der Waals surface area contributed by atoms with E-state index >= 15 is 0 Å². The van der Waals surface area contributed by atoms with Gasteiger partial charge in [-0.3, -0.25) is 9.59 Å². The molecule has 0 spiro atoms. The lowest BCUT2D eigenvalue weighted by atomic mass is 10.2. The molecule has 4 aromatic rings. The van der Waals surface area contributed by atoms with E-state index in [0.29, 0.717) is 100 Å². The molecule has 0 aliphatic carbocycles. The summed E-state index contributed by atoms with van der Waals surface area (Å²) in [5, 5.41) is 15.3. The topological polar surface area (TPSA) is 196 Å². The van der Waals surface area contributed by atoms with Gasteiger partial charge >= 0.3 is 0 Å². The van der Waals surface area contributed by atoms with Gasteiger partial charge in [0.05, 0.1) is 40.1 Å². The predicted molar refractivity (Wildman–Crippen MR) is 212 cm³/mol. The van der Waals surface area contributed by atoms with E-state index in [-0.39, 0.29) is 11.8 Å².